The molecule has 0 radical (unpaired) electrons. The summed E-state index contributed by atoms with van der Waals surface area (Å²) in [7, 11) is 0. The minimum atomic E-state index is -4.55. The van der Waals surface area contributed by atoms with Gasteiger partial charge in [0.25, 0.3) is 0 Å². The van der Waals surface area contributed by atoms with Gasteiger partial charge >= 0.3 is 6.18 Å². The highest BCUT2D eigenvalue weighted by Crippen LogP contribution is 2.37. The van der Waals surface area contributed by atoms with E-state index in [1.807, 2.05) is 0 Å². The van der Waals surface area contributed by atoms with Gasteiger partial charge in [0, 0.05) is 35.9 Å². The molecule has 0 unspecified atom stereocenters. The molecule has 3 aromatic rings. The van der Waals surface area contributed by atoms with Gasteiger partial charge in [0.05, 0.1) is 16.8 Å². The molecule has 1 aliphatic rings. The Bertz CT molecular complexity index is 1120. The molecule has 170 valence electrons. The molecule has 0 spiro atoms. The van der Waals surface area contributed by atoms with E-state index in [2.05, 4.69) is 20.2 Å². The molecule has 0 saturated carbocycles. The van der Waals surface area contributed by atoms with Gasteiger partial charge in [-0.25, -0.2) is 4.39 Å². The van der Waals surface area contributed by atoms with Gasteiger partial charge in [-0.3, -0.25) is 4.99 Å². The maximum absolute atomic E-state index is 13.7. The van der Waals surface area contributed by atoms with E-state index in [0.717, 1.165) is 32.0 Å². The number of fused-ring (bicyclic) bond motifs is 1. The van der Waals surface area contributed by atoms with Crippen LogP contribution in [-0.4, -0.2) is 47.4 Å². The molecule has 2 aromatic carbocycles. The molecule has 9 heteroatoms. The molecule has 32 heavy (non-hydrogen) atoms. The van der Waals surface area contributed by atoms with Gasteiger partial charge in [0.2, 0.25) is 0 Å². The zero-order valence-electron chi connectivity index (χ0n) is 17.3. The Kier molecular flexibility index (Phi) is 6.36. The lowest BCUT2D eigenvalue weighted by Crippen LogP contribution is -2.33. The van der Waals surface area contributed by atoms with E-state index >= 15 is 0 Å². The first-order valence-corrected chi connectivity index (χ1v) is 10.5. The van der Waals surface area contributed by atoms with Gasteiger partial charge in [0.1, 0.15) is 5.82 Å². The number of aromatic nitrogens is 1. The monoisotopic (exact) mass is 448 g/mol. The predicted octanol–water partition coefficient (Wildman–Crippen LogP) is 5.68. The Balaban J connectivity index is 1.53. The van der Waals surface area contributed by atoms with Crippen molar-refractivity contribution in [3.8, 4) is 5.88 Å². The van der Waals surface area contributed by atoms with Crippen LogP contribution < -0.4 is 5.32 Å². The van der Waals surface area contributed by atoms with Crippen molar-refractivity contribution in [3.05, 3.63) is 53.3 Å². The number of piperidine rings is 1. The fourth-order valence-corrected chi connectivity index (χ4v) is 3.97. The molecule has 0 atom stereocenters. The zero-order valence-corrected chi connectivity index (χ0v) is 17.3. The average Bonchev–Trinajstić information content (AvgIpc) is 3.07. The number of likely N-dealkylation sites (tertiary alicyclic amines) is 1. The molecule has 3 N–H and O–H groups in total. The highest BCUT2D eigenvalue weighted by atomic mass is 19.4. The SMILES string of the molecule is Oc1[nH]c2ccc(F)cc2c1C=Nc1ccc(NCCN2CCCCC2)c(C(F)(F)F)c1. The van der Waals surface area contributed by atoms with Crippen LogP contribution in [0.25, 0.3) is 10.9 Å². The summed E-state index contributed by atoms with van der Waals surface area (Å²) in [6.07, 6.45) is 0.130. The molecular weight excluding hydrogens is 424 g/mol. The standard InChI is InChI=1S/C23H24F4N4O/c24-15-4-6-20-17(12-15)18(22(32)30-20)14-29-16-5-7-21(19(13-16)23(25,26)27)28-8-11-31-9-2-1-3-10-31/h4-7,12-14,28,30,32H,1-3,8-11H2. The summed E-state index contributed by atoms with van der Waals surface area (Å²) in [6, 6.07) is 7.73. The normalized spacial score (nSPS) is 15.6. The van der Waals surface area contributed by atoms with E-state index in [-0.39, 0.29) is 22.8 Å². The van der Waals surface area contributed by atoms with Crippen LogP contribution in [0, 0.1) is 5.82 Å². The molecule has 2 heterocycles. The number of H-pyrrole nitrogens is 1. The number of aromatic hydroxyl groups is 1. The highest BCUT2D eigenvalue weighted by molar-refractivity contribution is 6.02. The fourth-order valence-electron chi connectivity index (χ4n) is 3.97. The van der Waals surface area contributed by atoms with Crippen molar-refractivity contribution in [3.63, 3.8) is 0 Å². The largest absolute Gasteiger partial charge is 0.494 e. The number of aliphatic imine (C=N–C) groups is 1. The van der Waals surface area contributed by atoms with E-state index in [1.54, 1.807) is 0 Å². The lowest BCUT2D eigenvalue weighted by molar-refractivity contribution is -0.136. The molecule has 0 amide bonds. The highest BCUT2D eigenvalue weighted by Gasteiger charge is 2.33. The second-order valence-electron chi connectivity index (χ2n) is 7.89. The third kappa shape index (κ3) is 5.04. The Morgan fingerprint density at radius 1 is 1.09 bits per heavy atom. The van der Waals surface area contributed by atoms with E-state index in [0.29, 0.717) is 24.0 Å². The average molecular weight is 448 g/mol. The lowest BCUT2D eigenvalue weighted by atomic mass is 10.1. The summed E-state index contributed by atoms with van der Waals surface area (Å²) >= 11 is 0. The smallest absolute Gasteiger partial charge is 0.418 e. The van der Waals surface area contributed by atoms with Gasteiger partial charge in [-0.15, -0.1) is 0 Å². The van der Waals surface area contributed by atoms with Crippen LogP contribution in [0.15, 0.2) is 41.4 Å². The van der Waals surface area contributed by atoms with Crippen LogP contribution in [0.4, 0.5) is 28.9 Å². The first-order valence-electron chi connectivity index (χ1n) is 10.5. The minimum Gasteiger partial charge on any atom is -0.494 e. The van der Waals surface area contributed by atoms with Crippen LogP contribution in [0.5, 0.6) is 5.88 Å². The number of nitrogens with zero attached hydrogens (tertiary/aromatic N) is 2. The molecule has 4 rings (SSSR count). The van der Waals surface area contributed by atoms with Gasteiger partial charge in [-0.2, -0.15) is 13.2 Å². The summed E-state index contributed by atoms with van der Waals surface area (Å²) in [4.78, 5) is 9.03. The molecule has 1 fully saturated rings. The van der Waals surface area contributed by atoms with Gasteiger partial charge in [0.15, 0.2) is 5.88 Å². The van der Waals surface area contributed by atoms with Gasteiger partial charge in [-0.1, -0.05) is 6.42 Å². The number of alkyl halides is 3. The maximum Gasteiger partial charge on any atom is 0.418 e. The molecule has 0 bridgehead atoms. The van der Waals surface area contributed by atoms with Crippen molar-refractivity contribution < 1.29 is 22.7 Å². The third-order valence-electron chi connectivity index (χ3n) is 5.62. The Labute approximate surface area is 182 Å². The third-order valence-corrected chi connectivity index (χ3v) is 5.62. The topological polar surface area (TPSA) is 63.6 Å². The Hall–Kier alpha value is -3.07. The predicted molar refractivity (Wildman–Crippen MR) is 117 cm³/mol. The number of aromatic amines is 1. The first kappa shape index (κ1) is 22.1. The molecular formula is C23H24F4N4O. The summed E-state index contributed by atoms with van der Waals surface area (Å²) in [5.41, 5.74) is -0.0270. The number of hydrogen-bond donors (Lipinski definition) is 3. The molecule has 1 aromatic heterocycles. The molecule has 1 aliphatic heterocycles. The quantitative estimate of drug-likeness (QED) is 0.336. The molecule has 1 saturated heterocycles. The summed E-state index contributed by atoms with van der Waals surface area (Å²) in [6.45, 7) is 3.06. The van der Waals surface area contributed by atoms with E-state index < -0.39 is 17.6 Å². The number of hydrogen-bond acceptors (Lipinski definition) is 4. The first-order chi connectivity index (χ1) is 15.3. The van der Waals surface area contributed by atoms with Crippen molar-refractivity contribution in [1.82, 2.24) is 9.88 Å². The van der Waals surface area contributed by atoms with Crippen molar-refractivity contribution in [2.24, 2.45) is 4.99 Å². The summed E-state index contributed by atoms with van der Waals surface area (Å²) < 4.78 is 54.5. The summed E-state index contributed by atoms with van der Waals surface area (Å²) in [5, 5.41) is 13.4. The molecule has 0 aliphatic carbocycles. The number of halogens is 4. The van der Waals surface area contributed by atoms with Crippen molar-refractivity contribution in [2.45, 2.75) is 25.4 Å². The Morgan fingerprint density at radius 2 is 1.88 bits per heavy atom. The number of benzene rings is 2. The van der Waals surface area contributed by atoms with Gasteiger partial charge in [-0.05, 0) is 62.3 Å². The molecule has 5 nitrogen and oxygen atoms in total. The number of nitrogens with one attached hydrogen (secondary N) is 2. The van der Waals surface area contributed by atoms with Crippen LogP contribution in [0.1, 0.15) is 30.4 Å². The number of anilines is 1. The summed E-state index contributed by atoms with van der Waals surface area (Å²) in [5.74, 6) is -0.730. The van der Waals surface area contributed by atoms with Gasteiger partial charge < -0.3 is 20.3 Å². The van der Waals surface area contributed by atoms with Crippen LogP contribution in [0.2, 0.25) is 0 Å². The van der Waals surface area contributed by atoms with E-state index in [9.17, 15) is 22.7 Å². The Morgan fingerprint density at radius 3 is 2.62 bits per heavy atom. The zero-order chi connectivity index (χ0) is 22.7. The second-order valence-corrected chi connectivity index (χ2v) is 7.89. The maximum atomic E-state index is 13.7. The number of rotatable bonds is 6. The van der Waals surface area contributed by atoms with Crippen molar-refractivity contribution >= 4 is 28.5 Å². The van der Waals surface area contributed by atoms with Crippen molar-refractivity contribution in [1.29, 1.82) is 0 Å². The van der Waals surface area contributed by atoms with Crippen LogP contribution >= 0.6 is 0 Å². The lowest BCUT2D eigenvalue weighted by Gasteiger charge is -2.26. The van der Waals surface area contributed by atoms with Crippen molar-refractivity contribution in [2.75, 3.05) is 31.5 Å². The van der Waals surface area contributed by atoms with Crippen LogP contribution in [0.3, 0.4) is 0 Å². The fraction of sp³-hybridized carbons (Fsp3) is 0.348. The van der Waals surface area contributed by atoms with E-state index in [1.165, 1.54) is 43.0 Å². The second kappa shape index (κ2) is 9.20. The minimum absolute atomic E-state index is 0.00507. The van der Waals surface area contributed by atoms with Crippen LogP contribution in [-0.2, 0) is 6.18 Å². The van der Waals surface area contributed by atoms with E-state index in [4.69, 9.17) is 0 Å².